The summed E-state index contributed by atoms with van der Waals surface area (Å²) in [7, 11) is 0. The van der Waals surface area contributed by atoms with Crippen LogP contribution in [0.15, 0.2) is 54.6 Å². The van der Waals surface area contributed by atoms with E-state index in [1.807, 2.05) is 42.5 Å². The molecule has 0 N–H and O–H groups in total. The molecule has 2 nitrogen and oxygen atoms in total. The van der Waals surface area contributed by atoms with Crippen LogP contribution in [0.25, 0.3) is 0 Å². The SMILES string of the molecule is O=C(OCc1ccccc1)C1C=CC=CC1=S. The van der Waals surface area contributed by atoms with Crippen molar-refractivity contribution in [3.63, 3.8) is 0 Å². The third-order valence-electron chi connectivity index (χ3n) is 2.46. The average molecular weight is 244 g/mol. The lowest BCUT2D eigenvalue weighted by atomic mass is 10.0. The van der Waals surface area contributed by atoms with Crippen molar-refractivity contribution in [1.29, 1.82) is 0 Å². The molecule has 0 spiro atoms. The van der Waals surface area contributed by atoms with E-state index in [1.165, 1.54) is 0 Å². The molecule has 0 saturated heterocycles. The molecule has 1 atom stereocenters. The van der Waals surface area contributed by atoms with Gasteiger partial charge in [0, 0.05) is 4.86 Å². The van der Waals surface area contributed by atoms with Crippen LogP contribution in [-0.4, -0.2) is 10.8 Å². The Kier molecular flexibility index (Phi) is 3.83. The number of carbonyl (C=O) groups is 1. The van der Waals surface area contributed by atoms with Crippen LogP contribution in [0.1, 0.15) is 5.56 Å². The maximum atomic E-state index is 11.8. The predicted molar refractivity (Wildman–Crippen MR) is 70.6 cm³/mol. The topological polar surface area (TPSA) is 26.3 Å². The summed E-state index contributed by atoms with van der Waals surface area (Å²) in [5.74, 6) is -0.710. The maximum absolute atomic E-state index is 11.8. The molecule has 0 saturated carbocycles. The summed E-state index contributed by atoms with van der Waals surface area (Å²) >= 11 is 5.10. The van der Waals surface area contributed by atoms with Gasteiger partial charge in [0.05, 0.1) is 0 Å². The molecule has 0 radical (unpaired) electrons. The first-order chi connectivity index (χ1) is 8.27. The number of carbonyl (C=O) groups excluding carboxylic acids is 1. The third-order valence-corrected chi connectivity index (χ3v) is 2.85. The van der Waals surface area contributed by atoms with Gasteiger partial charge in [-0.25, -0.2) is 0 Å². The Hall–Kier alpha value is -1.74. The monoisotopic (exact) mass is 244 g/mol. The molecule has 1 aliphatic carbocycles. The van der Waals surface area contributed by atoms with Gasteiger partial charge in [0.25, 0.3) is 0 Å². The molecule has 1 unspecified atom stereocenters. The Bertz CT molecular complexity index is 474. The number of benzene rings is 1. The molecule has 0 aromatic heterocycles. The lowest BCUT2D eigenvalue weighted by molar-refractivity contribution is -0.146. The Morgan fingerprint density at radius 1 is 1.24 bits per heavy atom. The number of hydrogen-bond acceptors (Lipinski definition) is 3. The zero-order valence-corrected chi connectivity index (χ0v) is 10.0. The molecular weight excluding hydrogens is 232 g/mol. The summed E-state index contributed by atoms with van der Waals surface area (Å²) in [6, 6.07) is 9.59. The fraction of sp³-hybridized carbons (Fsp3) is 0.143. The molecule has 0 fully saturated rings. The molecule has 0 bridgehead atoms. The summed E-state index contributed by atoms with van der Waals surface area (Å²) in [5.41, 5.74) is 0.974. The standard InChI is InChI=1S/C14H12O2S/c15-14(12-8-4-5-9-13(12)17)16-10-11-6-2-1-3-7-11/h1-9,12H,10H2. The van der Waals surface area contributed by atoms with Gasteiger partial charge in [-0.2, -0.15) is 0 Å². The first-order valence-corrected chi connectivity index (χ1v) is 5.77. The highest BCUT2D eigenvalue weighted by Gasteiger charge is 2.21. The predicted octanol–water partition coefficient (Wildman–Crippen LogP) is 2.84. The Morgan fingerprint density at radius 2 is 2.00 bits per heavy atom. The van der Waals surface area contributed by atoms with Crippen LogP contribution in [0.4, 0.5) is 0 Å². The molecule has 1 aromatic rings. The van der Waals surface area contributed by atoms with Gasteiger partial charge in [-0.15, -0.1) is 0 Å². The second-order valence-electron chi connectivity index (χ2n) is 3.72. The minimum absolute atomic E-state index is 0.288. The van der Waals surface area contributed by atoms with Crippen molar-refractivity contribution in [2.75, 3.05) is 0 Å². The van der Waals surface area contributed by atoms with Gasteiger partial charge in [-0.1, -0.05) is 60.8 Å². The van der Waals surface area contributed by atoms with Gasteiger partial charge in [0.1, 0.15) is 12.5 Å². The summed E-state index contributed by atoms with van der Waals surface area (Å²) < 4.78 is 5.23. The molecule has 3 heteroatoms. The van der Waals surface area contributed by atoms with Crippen molar-refractivity contribution in [3.8, 4) is 0 Å². The molecule has 1 aliphatic rings. The zero-order valence-electron chi connectivity index (χ0n) is 9.21. The number of ether oxygens (including phenoxy) is 1. The van der Waals surface area contributed by atoms with Gasteiger partial charge in [-0.05, 0) is 11.6 Å². The molecule has 1 aromatic carbocycles. The van der Waals surface area contributed by atoms with Crippen molar-refractivity contribution in [2.24, 2.45) is 5.92 Å². The summed E-state index contributed by atoms with van der Waals surface area (Å²) in [6.45, 7) is 0.288. The highest BCUT2D eigenvalue weighted by Crippen LogP contribution is 2.13. The largest absolute Gasteiger partial charge is 0.460 e. The number of thiocarbonyl (C=S) groups is 1. The third kappa shape index (κ3) is 3.11. The van der Waals surface area contributed by atoms with E-state index < -0.39 is 5.92 Å². The molecule has 0 amide bonds. The normalized spacial score (nSPS) is 18.1. The van der Waals surface area contributed by atoms with Crippen LogP contribution < -0.4 is 0 Å². The maximum Gasteiger partial charge on any atom is 0.318 e. The molecule has 2 rings (SSSR count). The fourth-order valence-electron chi connectivity index (χ4n) is 1.54. The fourth-order valence-corrected chi connectivity index (χ4v) is 1.79. The summed E-state index contributed by atoms with van der Waals surface area (Å²) in [4.78, 5) is 12.4. The highest BCUT2D eigenvalue weighted by molar-refractivity contribution is 7.80. The van der Waals surface area contributed by atoms with E-state index in [4.69, 9.17) is 17.0 Å². The Morgan fingerprint density at radius 3 is 2.71 bits per heavy atom. The lowest BCUT2D eigenvalue weighted by Gasteiger charge is -2.13. The van der Waals surface area contributed by atoms with Crippen LogP contribution in [0, 0.1) is 5.92 Å². The second kappa shape index (κ2) is 5.55. The zero-order chi connectivity index (χ0) is 12.1. The van der Waals surface area contributed by atoms with Crippen molar-refractivity contribution in [2.45, 2.75) is 6.61 Å². The number of hydrogen-bond donors (Lipinski definition) is 0. The van der Waals surface area contributed by atoms with Crippen LogP contribution in [0.2, 0.25) is 0 Å². The quantitative estimate of drug-likeness (QED) is 0.604. The smallest absolute Gasteiger partial charge is 0.318 e. The minimum Gasteiger partial charge on any atom is -0.460 e. The van der Waals surface area contributed by atoms with Crippen molar-refractivity contribution >= 4 is 23.1 Å². The van der Waals surface area contributed by atoms with E-state index in [0.717, 1.165) is 5.56 Å². The Labute approximate surface area is 106 Å². The van der Waals surface area contributed by atoms with E-state index in [1.54, 1.807) is 12.2 Å². The van der Waals surface area contributed by atoms with Gasteiger partial charge < -0.3 is 4.74 Å². The van der Waals surface area contributed by atoms with Crippen LogP contribution >= 0.6 is 12.2 Å². The molecule has 86 valence electrons. The van der Waals surface area contributed by atoms with E-state index >= 15 is 0 Å². The van der Waals surface area contributed by atoms with Crippen molar-refractivity contribution < 1.29 is 9.53 Å². The number of esters is 1. The second-order valence-corrected chi connectivity index (χ2v) is 4.19. The molecule has 17 heavy (non-hydrogen) atoms. The van der Waals surface area contributed by atoms with Crippen LogP contribution in [0.3, 0.4) is 0 Å². The van der Waals surface area contributed by atoms with E-state index in [9.17, 15) is 4.79 Å². The van der Waals surface area contributed by atoms with E-state index in [2.05, 4.69) is 0 Å². The van der Waals surface area contributed by atoms with Crippen LogP contribution in [-0.2, 0) is 16.1 Å². The van der Waals surface area contributed by atoms with E-state index in [0.29, 0.717) is 4.86 Å². The van der Waals surface area contributed by atoms with Crippen molar-refractivity contribution in [3.05, 3.63) is 60.2 Å². The summed E-state index contributed by atoms with van der Waals surface area (Å²) in [5, 5.41) is 0. The number of allylic oxidation sites excluding steroid dienone is 3. The van der Waals surface area contributed by atoms with Gasteiger partial charge in [0.2, 0.25) is 0 Å². The van der Waals surface area contributed by atoms with Gasteiger partial charge in [-0.3, -0.25) is 4.79 Å². The van der Waals surface area contributed by atoms with Gasteiger partial charge in [0.15, 0.2) is 0 Å². The van der Waals surface area contributed by atoms with Crippen LogP contribution in [0.5, 0.6) is 0 Å². The Balaban J connectivity index is 1.92. The molecule has 0 aliphatic heterocycles. The van der Waals surface area contributed by atoms with E-state index in [-0.39, 0.29) is 12.6 Å². The summed E-state index contributed by atoms with van der Waals surface area (Å²) in [6.07, 6.45) is 7.15. The first-order valence-electron chi connectivity index (χ1n) is 5.36. The van der Waals surface area contributed by atoms with Crippen molar-refractivity contribution in [1.82, 2.24) is 0 Å². The molecular formula is C14H12O2S. The molecule has 0 heterocycles. The lowest BCUT2D eigenvalue weighted by Crippen LogP contribution is -2.23. The number of rotatable bonds is 3. The highest BCUT2D eigenvalue weighted by atomic mass is 32.1. The van der Waals surface area contributed by atoms with Gasteiger partial charge >= 0.3 is 5.97 Å². The minimum atomic E-state index is -0.418. The first kappa shape index (κ1) is 11.7. The average Bonchev–Trinajstić information content (AvgIpc) is 2.38.